The molecule has 0 aromatic heterocycles. The van der Waals surface area contributed by atoms with E-state index < -0.39 is 0 Å². The van der Waals surface area contributed by atoms with Gasteiger partial charge in [0.15, 0.2) is 5.96 Å². The maximum Gasteiger partial charge on any atom is 0.191 e. The van der Waals surface area contributed by atoms with E-state index in [2.05, 4.69) is 26.6 Å². The molecule has 0 unspecified atom stereocenters. The molecule has 0 aliphatic rings. The van der Waals surface area contributed by atoms with Gasteiger partial charge in [-0.15, -0.1) is 24.0 Å². The molecule has 0 radical (unpaired) electrons. The number of nitrogens with one attached hydrogen (secondary N) is 2. The lowest BCUT2D eigenvalue weighted by molar-refractivity contribution is 0.331. The average molecular weight is 500 g/mol. The van der Waals surface area contributed by atoms with E-state index in [1.807, 2.05) is 37.4 Å². The molecule has 28 heavy (non-hydrogen) atoms. The first-order chi connectivity index (χ1) is 13.1. The minimum Gasteiger partial charge on any atom is -0.496 e. The van der Waals surface area contributed by atoms with Crippen LogP contribution in [0.3, 0.4) is 0 Å². The molecule has 0 heterocycles. The van der Waals surface area contributed by atoms with E-state index >= 15 is 0 Å². The first-order valence-corrected chi connectivity index (χ1v) is 9.11. The Morgan fingerprint density at radius 1 is 1.07 bits per heavy atom. The summed E-state index contributed by atoms with van der Waals surface area (Å²) in [5.74, 6) is 1.48. The van der Waals surface area contributed by atoms with Crippen molar-refractivity contribution in [2.24, 2.45) is 4.99 Å². The van der Waals surface area contributed by atoms with Gasteiger partial charge < -0.3 is 20.3 Å². The molecule has 0 fully saturated rings. The molecule has 2 N–H and O–H groups in total. The van der Waals surface area contributed by atoms with Crippen LogP contribution in [0.15, 0.2) is 53.5 Å². The molecule has 0 atom stereocenters. The fourth-order valence-electron chi connectivity index (χ4n) is 2.79. The van der Waals surface area contributed by atoms with Gasteiger partial charge in [-0.1, -0.05) is 30.3 Å². The lowest BCUT2D eigenvalue weighted by Gasteiger charge is -2.18. The number of likely N-dealkylation sites (N-methyl/N-ethyl adjacent to an activating group) is 1. The molecule has 2 aromatic rings. The summed E-state index contributed by atoms with van der Waals surface area (Å²) in [6.07, 6.45) is 0.856. The van der Waals surface area contributed by atoms with Crippen molar-refractivity contribution in [3.63, 3.8) is 0 Å². The van der Waals surface area contributed by atoms with Crippen molar-refractivity contribution >= 4 is 29.9 Å². The van der Waals surface area contributed by atoms with Crippen molar-refractivity contribution < 1.29 is 9.13 Å². The van der Waals surface area contributed by atoms with E-state index in [1.54, 1.807) is 14.2 Å². The van der Waals surface area contributed by atoms with E-state index in [1.165, 1.54) is 17.7 Å². The highest BCUT2D eigenvalue weighted by Gasteiger charge is 2.04. The van der Waals surface area contributed by atoms with Gasteiger partial charge in [0.1, 0.15) is 11.6 Å². The fraction of sp³-hybridized carbons (Fsp3) is 0.381. The average Bonchev–Trinajstić information content (AvgIpc) is 2.69. The van der Waals surface area contributed by atoms with Crippen LogP contribution >= 0.6 is 24.0 Å². The zero-order valence-corrected chi connectivity index (χ0v) is 19.1. The minimum atomic E-state index is -0.203. The number of hydrogen-bond acceptors (Lipinski definition) is 3. The molecule has 2 aromatic carbocycles. The first-order valence-electron chi connectivity index (χ1n) is 9.11. The minimum absolute atomic E-state index is 0. The van der Waals surface area contributed by atoms with Crippen LogP contribution in [0.5, 0.6) is 5.75 Å². The Morgan fingerprint density at radius 3 is 2.43 bits per heavy atom. The van der Waals surface area contributed by atoms with Crippen molar-refractivity contribution in [2.75, 3.05) is 40.8 Å². The van der Waals surface area contributed by atoms with Gasteiger partial charge in [-0.25, -0.2) is 4.39 Å². The van der Waals surface area contributed by atoms with Gasteiger partial charge in [-0.2, -0.15) is 0 Å². The molecule has 0 aliphatic heterocycles. The Balaban J connectivity index is 0.00000392. The van der Waals surface area contributed by atoms with Crippen LogP contribution in [0.25, 0.3) is 0 Å². The van der Waals surface area contributed by atoms with Crippen LogP contribution in [-0.2, 0) is 13.0 Å². The molecule has 0 bridgehead atoms. The number of nitrogens with zero attached hydrogens (tertiary/aromatic N) is 2. The summed E-state index contributed by atoms with van der Waals surface area (Å²) in [5, 5.41) is 6.64. The second-order valence-corrected chi connectivity index (χ2v) is 6.35. The summed E-state index contributed by atoms with van der Waals surface area (Å²) in [7, 11) is 5.50. The predicted octanol–water partition coefficient (Wildman–Crippen LogP) is 3.29. The van der Waals surface area contributed by atoms with E-state index in [0.29, 0.717) is 0 Å². The smallest absolute Gasteiger partial charge is 0.191 e. The van der Waals surface area contributed by atoms with Gasteiger partial charge >= 0.3 is 0 Å². The third kappa shape index (κ3) is 8.43. The van der Waals surface area contributed by atoms with Gasteiger partial charge in [0, 0.05) is 33.2 Å². The van der Waals surface area contributed by atoms with E-state index in [4.69, 9.17) is 4.74 Å². The van der Waals surface area contributed by atoms with Crippen molar-refractivity contribution in [1.82, 2.24) is 15.5 Å². The van der Waals surface area contributed by atoms with Gasteiger partial charge in [0.05, 0.1) is 7.11 Å². The molecule has 0 aliphatic carbocycles. The van der Waals surface area contributed by atoms with Gasteiger partial charge in [0.2, 0.25) is 0 Å². The Kier molecular flexibility index (Phi) is 11.5. The SMILES string of the molecule is CN=C(NCCc1ccccc1OC)NCCN(C)Cc1ccc(F)cc1.I. The van der Waals surface area contributed by atoms with Crippen LogP contribution in [0.4, 0.5) is 4.39 Å². The highest BCUT2D eigenvalue weighted by Crippen LogP contribution is 2.17. The highest BCUT2D eigenvalue weighted by molar-refractivity contribution is 14.0. The normalized spacial score (nSPS) is 11.1. The number of methoxy groups -OCH3 is 1. The third-order valence-corrected chi connectivity index (χ3v) is 4.25. The first kappa shape index (κ1) is 24.2. The zero-order valence-electron chi connectivity index (χ0n) is 16.7. The third-order valence-electron chi connectivity index (χ3n) is 4.25. The molecule has 2 rings (SSSR count). The topological polar surface area (TPSA) is 48.9 Å². The highest BCUT2D eigenvalue weighted by atomic mass is 127. The Hall–Kier alpha value is -1.87. The Bertz CT molecular complexity index is 725. The molecule has 7 heteroatoms. The molecule has 0 saturated heterocycles. The molecule has 0 spiro atoms. The quantitative estimate of drug-likeness (QED) is 0.315. The summed E-state index contributed by atoms with van der Waals surface area (Å²) in [6.45, 7) is 3.17. The van der Waals surface area contributed by atoms with E-state index in [9.17, 15) is 4.39 Å². The number of para-hydroxylation sites is 1. The molecular formula is C21H30FIN4O. The van der Waals surface area contributed by atoms with Crippen molar-refractivity contribution in [3.05, 3.63) is 65.5 Å². The number of benzene rings is 2. The van der Waals surface area contributed by atoms with Crippen LogP contribution in [-0.4, -0.2) is 51.7 Å². The standard InChI is InChI=1S/C21H29FN4O.HI/c1-23-21(24-13-12-18-6-4-5-7-20(18)27-3)25-14-15-26(2)16-17-8-10-19(22)11-9-17;/h4-11H,12-16H2,1-3H3,(H2,23,24,25);1H. The summed E-state index contributed by atoms with van der Waals surface area (Å²) >= 11 is 0. The second kappa shape index (κ2) is 13.3. The number of halogens is 2. The Labute approximate surface area is 184 Å². The van der Waals surface area contributed by atoms with Gasteiger partial charge in [-0.05, 0) is 42.8 Å². The van der Waals surface area contributed by atoms with Crippen LogP contribution in [0, 0.1) is 5.82 Å². The monoisotopic (exact) mass is 500 g/mol. The van der Waals surface area contributed by atoms with Crippen molar-refractivity contribution in [1.29, 1.82) is 0 Å². The molecule has 5 nitrogen and oxygen atoms in total. The summed E-state index contributed by atoms with van der Waals surface area (Å²) in [5.41, 5.74) is 2.26. The summed E-state index contributed by atoms with van der Waals surface area (Å²) in [4.78, 5) is 6.44. The summed E-state index contributed by atoms with van der Waals surface area (Å²) in [6, 6.07) is 14.7. The Morgan fingerprint density at radius 2 is 1.75 bits per heavy atom. The molecule has 0 saturated carbocycles. The van der Waals surface area contributed by atoms with Crippen molar-refractivity contribution in [2.45, 2.75) is 13.0 Å². The summed E-state index contributed by atoms with van der Waals surface area (Å²) < 4.78 is 18.3. The lowest BCUT2D eigenvalue weighted by Crippen LogP contribution is -2.41. The fourth-order valence-corrected chi connectivity index (χ4v) is 2.79. The zero-order chi connectivity index (χ0) is 19.5. The maximum absolute atomic E-state index is 13.0. The second-order valence-electron chi connectivity index (χ2n) is 6.35. The van der Waals surface area contributed by atoms with Crippen molar-refractivity contribution in [3.8, 4) is 5.75 Å². The molecular weight excluding hydrogens is 470 g/mol. The van der Waals surface area contributed by atoms with Crippen LogP contribution < -0.4 is 15.4 Å². The van der Waals surface area contributed by atoms with Gasteiger partial charge in [-0.3, -0.25) is 4.99 Å². The largest absolute Gasteiger partial charge is 0.496 e. The molecule has 154 valence electrons. The maximum atomic E-state index is 13.0. The predicted molar refractivity (Wildman–Crippen MR) is 124 cm³/mol. The molecule has 0 amide bonds. The number of aliphatic imine (C=N–C) groups is 1. The number of ether oxygens (including phenoxy) is 1. The van der Waals surface area contributed by atoms with Crippen LogP contribution in [0.2, 0.25) is 0 Å². The van der Waals surface area contributed by atoms with E-state index in [0.717, 1.165) is 49.9 Å². The number of rotatable bonds is 9. The van der Waals surface area contributed by atoms with Crippen LogP contribution in [0.1, 0.15) is 11.1 Å². The van der Waals surface area contributed by atoms with E-state index in [-0.39, 0.29) is 29.8 Å². The number of guanidine groups is 1. The van der Waals surface area contributed by atoms with Gasteiger partial charge in [0.25, 0.3) is 0 Å². The number of hydrogen-bond donors (Lipinski definition) is 2. The lowest BCUT2D eigenvalue weighted by atomic mass is 10.1.